The van der Waals surface area contributed by atoms with Crippen LogP contribution in [0, 0.1) is 0 Å². The summed E-state index contributed by atoms with van der Waals surface area (Å²) >= 11 is 0. The van der Waals surface area contributed by atoms with Crippen LogP contribution in [0.5, 0.6) is 5.75 Å². The highest BCUT2D eigenvalue weighted by Crippen LogP contribution is 2.38. The monoisotopic (exact) mass is 406 g/mol. The van der Waals surface area contributed by atoms with Gasteiger partial charge in [0, 0.05) is 28.6 Å². The SMILES string of the molecule is CNCCC1=C2C(=O)C(c3[nH]c4cccc(O)c4c3CCN(C)C)=CC=C2NC1=O. The molecule has 1 aliphatic carbocycles. The number of likely N-dealkylation sites (N-methyl/N-ethyl adjacent to an activating group) is 1. The molecular formula is C23H26N4O3. The molecule has 0 fully saturated rings. The highest BCUT2D eigenvalue weighted by atomic mass is 16.3. The van der Waals surface area contributed by atoms with Crippen molar-refractivity contribution in [3.05, 3.63) is 58.5 Å². The number of phenolic OH excluding ortho intramolecular Hbond substituents is 1. The van der Waals surface area contributed by atoms with Crippen molar-refractivity contribution in [2.24, 2.45) is 0 Å². The van der Waals surface area contributed by atoms with E-state index in [4.69, 9.17) is 0 Å². The summed E-state index contributed by atoms with van der Waals surface area (Å²) in [4.78, 5) is 31.3. The minimum Gasteiger partial charge on any atom is -0.507 e. The first kappa shape index (κ1) is 20.1. The van der Waals surface area contributed by atoms with E-state index in [2.05, 4.69) is 20.5 Å². The molecule has 2 aromatic rings. The average molecular weight is 406 g/mol. The Morgan fingerprint density at radius 1 is 1.13 bits per heavy atom. The Labute approximate surface area is 175 Å². The van der Waals surface area contributed by atoms with Crippen LogP contribution in [0.15, 0.2) is 47.2 Å². The first-order chi connectivity index (χ1) is 14.4. The summed E-state index contributed by atoms with van der Waals surface area (Å²) in [5, 5.41) is 17.1. The number of benzene rings is 1. The van der Waals surface area contributed by atoms with Crippen LogP contribution in [0.4, 0.5) is 0 Å². The molecule has 2 aliphatic rings. The van der Waals surface area contributed by atoms with E-state index < -0.39 is 0 Å². The smallest absolute Gasteiger partial charge is 0.252 e. The fourth-order valence-corrected chi connectivity index (χ4v) is 4.09. The van der Waals surface area contributed by atoms with Crippen LogP contribution in [0.25, 0.3) is 16.5 Å². The summed E-state index contributed by atoms with van der Waals surface area (Å²) in [6.45, 7) is 1.38. The van der Waals surface area contributed by atoms with Gasteiger partial charge in [0.15, 0.2) is 5.78 Å². The first-order valence-electron chi connectivity index (χ1n) is 10.1. The molecule has 156 valence electrons. The Hall–Kier alpha value is -3.16. The number of carbonyl (C=O) groups excluding carboxylic acids is 2. The number of nitrogens with zero attached hydrogens (tertiary/aromatic N) is 1. The summed E-state index contributed by atoms with van der Waals surface area (Å²) in [6, 6.07) is 5.33. The number of H-pyrrole nitrogens is 1. The van der Waals surface area contributed by atoms with Crippen molar-refractivity contribution in [3.63, 3.8) is 0 Å². The van der Waals surface area contributed by atoms with Crippen LogP contribution >= 0.6 is 0 Å². The number of fused-ring (bicyclic) bond motifs is 2. The molecule has 1 aromatic heterocycles. The van der Waals surface area contributed by atoms with Gasteiger partial charge in [0.2, 0.25) is 0 Å². The summed E-state index contributed by atoms with van der Waals surface area (Å²) < 4.78 is 0. The number of ketones is 1. The summed E-state index contributed by atoms with van der Waals surface area (Å²) in [7, 11) is 5.79. The number of hydrogen-bond acceptors (Lipinski definition) is 5. The maximum Gasteiger partial charge on any atom is 0.252 e. The van der Waals surface area contributed by atoms with Gasteiger partial charge in [-0.3, -0.25) is 9.59 Å². The number of aromatic hydroxyl groups is 1. The molecule has 1 aromatic carbocycles. The Balaban J connectivity index is 1.84. The van der Waals surface area contributed by atoms with Gasteiger partial charge in [-0.15, -0.1) is 0 Å². The number of nitrogens with one attached hydrogen (secondary N) is 3. The van der Waals surface area contributed by atoms with Crippen LogP contribution < -0.4 is 10.6 Å². The lowest BCUT2D eigenvalue weighted by atomic mass is 9.89. The zero-order valence-electron chi connectivity index (χ0n) is 17.4. The highest BCUT2D eigenvalue weighted by Gasteiger charge is 2.36. The topological polar surface area (TPSA) is 97.5 Å². The molecule has 7 heteroatoms. The van der Waals surface area contributed by atoms with E-state index in [1.807, 2.05) is 27.2 Å². The van der Waals surface area contributed by atoms with Crippen LogP contribution in [0.1, 0.15) is 17.7 Å². The molecule has 7 nitrogen and oxygen atoms in total. The predicted octanol–water partition coefficient (Wildman–Crippen LogP) is 1.86. The number of carbonyl (C=O) groups is 2. The van der Waals surface area contributed by atoms with Gasteiger partial charge in [0.25, 0.3) is 5.91 Å². The molecule has 0 atom stereocenters. The highest BCUT2D eigenvalue weighted by molar-refractivity contribution is 6.35. The van der Waals surface area contributed by atoms with Gasteiger partial charge in [0.05, 0.1) is 17.0 Å². The van der Waals surface area contributed by atoms with Crippen molar-refractivity contribution in [1.29, 1.82) is 0 Å². The number of hydrogen-bond donors (Lipinski definition) is 4. The molecule has 2 heterocycles. The summed E-state index contributed by atoms with van der Waals surface area (Å²) in [5.41, 5.74) is 4.43. The van der Waals surface area contributed by atoms with Gasteiger partial charge < -0.3 is 25.6 Å². The molecular weight excluding hydrogens is 380 g/mol. The van der Waals surface area contributed by atoms with Crippen LogP contribution in [-0.2, 0) is 16.0 Å². The lowest BCUT2D eigenvalue weighted by Gasteiger charge is -2.16. The molecule has 30 heavy (non-hydrogen) atoms. The largest absolute Gasteiger partial charge is 0.507 e. The number of aromatic amines is 1. The molecule has 0 saturated heterocycles. The molecule has 0 spiro atoms. The molecule has 0 radical (unpaired) electrons. The number of rotatable bonds is 7. The van der Waals surface area contributed by atoms with Gasteiger partial charge in [-0.1, -0.05) is 6.07 Å². The van der Waals surface area contributed by atoms with Crippen LogP contribution in [-0.4, -0.2) is 60.9 Å². The number of Topliss-reactive ketones (excluding diaryl/α,β-unsaturated/α-hetero) is 1. The normalized spacial score (nSPS) is 16.3. The third-order valence-electron chi connectivity index (χ3n) is 5.59. The fourth-order valence-electron chi connectivity index (χ4n) is 4.09. The van der Waals surface area contributed by atoms with Gasteiger partial charge >= 0.3 is 0 Å². The van der Waals surface area contributed by atoms with E-state index in [9.17, 15) is 14.7 Å². The number of allylic oxidation sites excluding steroid dienone is 4. The molecule has 0 bridgehead atoms. The second-order valence-electron chi connectivity index (χ2n) is 7.88. The van der Waals surface area contributed by atoms with Crippen molar-refractivity contribution in [3.8, 4) is 5.75 Å². The van der Waals surface area contributed by atoms with Gasteiger partial charge in [0.1, 0.15) is 5.75 Å². The summed E-state index contributed by atoms with van der Waals surface area (Å²) in [6.07, 6.45) is 4.69. The van der Waals surface area contributed by atoms with E-state index in [0.29, 0.717) is 47.5 Å². The lowest BCUT2D eigenvalue weighted by Crippen LogP contribution is -2.19. The van der Waals surface area contributed by atoms with E-state index in [1.54, 1.807) is 24.3 Å². The zero-order valence-corrected chi connectivity index (χ0v) is 17.4. The summed E-state index contributed by atoms with van der Waals surface area (Å²) in [5.74, 6) is -0.193. The molecule has 4 N–H and O–H groups in total. The minimum absolute atomic E-state index is 0.172. The van der Waals surface area contributed by atoms with E-state index in [-0.39, 0.29) is 17.4 Å². The second-order valence-corrected chi connectivity index (χ2v) is 7.88. The molecule has 1 aliphatic heterocycles. The van der Waals surface area contributed by atoms with Crippen molar-refractivity contribution in [2.75, 3.05) is 34.2 Å². The third kappa shape index (κ3) is 3.36. The van der Waals surface area contributed by atoms with E-state index in [0.717, 1.165) is 23.0 Å². The third-order valence-corrected chi connectivity index (χ3v) is 5.59. The predicted molar refractivity (Wildman–Crippen MR) is 117 cm³/mol. The maximum atomic E-state index is 13.5. The van der Waals surface area contributed by atoms with Crippen molar-refractivity contribution in [2.45, 2.75) is 12.8 Å². The Morgan fingerprint density at radius 2 is 1.93 bits per heavy atom. The quantitative estimate of drug-likeness (QED) is 0.563. The zero-order chi connectivity index (χ0) is 21.4. The van der Waals surface area contributed by atoms with Crippen molar-refractivity contribution in [1.82, 2.24) is 20.5 Å². The minimum atomic E-state index is -0.211. The number of aromatic nitrogens is 1. The van der Waals surface area contributed by atoms with Crippen LogP contribution in [0.3, 0.4) is 0 Å². The second kappa shape index (κ2) is 7.93. The molecule has 4 rings (SSSR count). The van der Waals surface area contributed by atoms with Crippen LogP contribution in [0.2, 0.25) is 0 Å². The van der Waals surface area contributed by atoms with Gasteiger partial charge in [-0.2, -0.15) is 0 Å². The molecule has 0 unspecified atom stereocenters. The lowest BCUT2D eigenvalue weighted by molar-refractivity contribution is -0.116. The Kier molecular flexibility index (Phi) is 5.32. The maximum absolute atomic E-state index is 13.5. The van der Waals surface area contributed by atoms with E-state index >= 15 is 0 Å². The van der Waals surface area contributed by atoms with Gasteiger partial charge in [-0.25, -0.2) is 0 Å². The van der Waals surface area contributed by atoms with Crippen molar-refractivity contribution >= 4 is 28.2 Å². The Bertz CT molecular complexity index is 1130. The average Bonchev–Trinajstić information content (AvgIpc) is 3.23. The van der Waals surface area contributed by atoms with Crippen molar-refractivity contribution < 1.29 is 14.7 Å². The first-order valence-corrected chi connectivity index (χ1v) is 10.1. The van der Waals surface area contributed by atoms with Gasteiger partial charge in [-0.05, 0) is 70.4 Å². The standard InChI is InChI=1S/C23H26N4O3/c1-24-11-9-14-20-17(26-23(14)30)8-7-15(22(20)29)21-13(10-12-27(2)3)19-16(25-21)5-4-6-18(19)28/h4-8,24-25,28H,9-12H2,1-3H3,(H,26,30). The number of amides is 1. The fraction of sp³-hybridized carbons (Fsp3) is 0.304. The van der Waals surface area contributed by atoms with E-state index in [1.165, 1.54) is 0 Å². The molecule has 1 amide bonds. The number of phenols is 1. The molecule has 0 saturated carbocycles. The Morgan fingerprint density at radius 3 is 2.67 bits per heavy atom.